The van der Waals surface area contributed by atoms with Crippen molar-refractivity contribution in [3.63, 3.8) is 0 Å². The summed E-state index contributed by atoms with van der Waals surface area (Å²) in [6.45, 7) is 12.1. The van der Waals surface area contributed by atoms with Crippen LogP contribution in [-0.2, 0) is 0 Å². The average molecular weight is 304 g/mol. The molecule has 0 amide bonds. The molecule has 0 heterocycles. The second kappa shape index (κ2) is 8.39. The molecular formula is C18H28N2O2. The molecule has 0 spiro atoms. The topological polar surface area (TPSA) is 34.1 Å². The Balaban J connectivity index is 0.00000484. The summed E-state index contributed by atoms with van der Waals surface area (Å²) >= 11 is 0. The van der Waals surface area contributed by atoms with Crippen molar-refractivity contribution in [2.45, 2.75) is 19.9 Å². The van der Waals surface area contributed by atoms with Crippen LogP contribution in [0.5, 0.6) is 11.5 Å². The molecule has 4 heteroatoms. The summed E-state index contributed by atoms with van der Waals surface area (Å²) in [5, 5.41) is 0. The molecule has 4 nitrogen and oxygen atoms in total. The van der Waals surface area contributed by atoms with E-state index in [1.165, 1.54) is 0 Å². The summed E-state index contributed by atoms with van der Waals surface area (Å²) < 4.78 is 11.3. The van der Waals surface area contributed by atoms with E-state index < -0.39 is 0 Å². The first kappa shape index (κ1) is 18.0. The molecule has 1 aromatic carbocycles. The highest BCUT2D eigenvalue weighted by atomic mass is 16.5. The summed E-state index contributed by atoms with van der Waals surface area (Å²) in [7, 11) is 5.70. The molecule has 22 heavy (non-hydrogen) atoms. The largest absolute Gasteiger partial charge is 0.497 e. The van der Waals surface area contributed by atoms with E-state index in [1.807, 2.05) is 39.2 Å². The number of nitrogens with zero attached hydrogens (tertiary/aromatic N) is 2. The first-order valence-electron chi connectivity index (χ1n) is 7.22. The molecule has 0 saturated heterocycles. The summed E-state index contributed by atoms with van der Waals surface area (Å²) in [4.78, 5) is 6.12. The van der Waals surface area contributed by atoms with Crippen molar-refractivity contribution in [3.8, 4) is 11.5 Å². The van der Waals surface area contributed by atoms with Crippen LogP contribution in [0.4, 0.5) is 0 Å². The van der Waals surface area contributed by atoms with Crippen molar-refractivity contribution in [2.24, 2.45) is 4.99 Å². The average Bonchev–Trinajstić information content (AvgIpc) is 2.53. The van der Waals surface area contributed by atoms with Gasteiger partial charge in [0.25, 0.3) is 0 Å². The number of rotatable bonds is 8. The molecule has 1 unspecified atom stereocenters. The van der Waals surface area contributed by atoms with Gasteiger partial charge in [0.1, 0.15) is 18.1 Å². The summed E-state index contributed by atoms with van der Waals surface area (Å²) in [5.74, 6) is 1.51. The number of methoxy groups -OCH3 is 1. The van der Waals surface area contributed by atoms with Gasteiger partial charge >= 0.3 is 0 Å². The van der Waals surface area contributed by atoms with Gasteiger partial charge in [-0.2, -0.15) is 0 Å². The van der Waals surface area contributed by atoms with Crippen LogP contribution in [0.25, 0.3) is 5.57 Å². The zero-order valence-corrected chi connectivity index (χ0v) is 14.2. The minimum atomic E-state index is 0. The highest BCUT2D eigenvalue weighted by Crippen LogP contribution is 2.33. The highest BCUT2D eigenvalue weighted by Gasteiger charge is 2.13. The monoisotopic (exact) mass is 304 g/mol. The molecule has 0 aliphatic carbocycles. The third kappa shape index (κ3) is 4.46. The molecule has 0 aromatic heterocycles. The van der Waals surface area contributed by atoms with Gasteiger partial charge in [-0.3, -0.25) is 4.99 Å². The molecule has 0 bridgehead atoms. The molecule has 1 atom stereocenters. The van der Waals surface area contributed by atoms with Crippen LogP contribution in [0, 0.1) is 0 Å². The van der Waals surface area contributed by atoms with Gasteiger partial charge in [-0.05, 0) is 46.8 Å². The molecule has 0 aliphatic rings. The lowest BCUT2D eigenvalue weighted by molar-refractivity contribution is 0.197. The minimum Gasteiger partial charge on any atom is -0.497 e. The maximum Gasteiger partial charge on any atom is 0.130 e. The minimum absolute atomic E-state index is 0. The lowest BCUT2D eigenvalue weighted by Gasteiger charge is -2.21. The van der Waals surface area contributed by atoms with Crippen molar-refractivity contribution >= 4 is 12.3 Å². The number of hydrogen-bond acceptors (Lipinski definition) is 4. The summed E-state index contributed by atoms with van der Waals surface area (Å²) in [5.41, 5.74) is 2.66. The predicted octanol–water partition coefficient (Wildman–Crippen LogP) is 3.89. The van der Waals surface area contributed by atoms with E-state index >= 15 is 0 Å². The third-order valence-corrected chi connectivity index (χ3v) is 3.67. The molecule has 122 valence electrons. The fourth-order valence-electron chi connectivity index (χ4n) is 1.87. The number of benzene rings is 1. The second-order valence-electron chi connectivity index (χ2n) is 5.35. The molecule has 0 radical (unpaired) electrons. The lowest BCUT2D eigenvalue weighted by Crippen LogP contribution is -2.30. The molecule has 0 saturated carbocycles. The Labute approximate surface area is 135 Å². The Kier molecular flexibility index (Phi) is 6.86. The molecule has 1 rings (SSSR count). The fraction of sp³-hybridized carbons (Fsp3) is 0.389. The van der Waals surface area contributed by atoms with Gasteiger partial charge in [0, 0.05) is 30.4 Å². The Morgan fingerprint density at radius 3 is 2.64 bits per heavy atom. The zero-order chi connectivity index (χ0) is 16.7. The number of allylic oxidation sites excluding steroid dienone is 3. The maximum atomic E-state index is 6.01. The normalized spacial score (nSPS) is 13.4. The van der Waals surface area contributed by atoms with Crippen molar-refractivity contribution in [3.05, 3.63) is 42.1 Å². The van der Waals surface area contributed by atoms with Gasteiger partial charge in [-0.15, -0.1) is 0 Å². The van der Waals surface area contributed by atoms with E-state index in [4.69, 9.17) is 9.47 Å². The first-order valence-corrected chi connectivity index (χ1v) is 7.22. The molecular weight excluding hydrogens is 276 g/mol. The van der Waals surface area contributed by atoms with Gasteiger partial charge in [0.15, 0.2) is 0 Å². The van der Waals surface area contributed by atoms with Gasteiger partial charge in [-0.1, -0.05) is 12.7 Å². The summed E-state index contributed by atoms with van der Waals surface area (Å²) in [6.07, 6.45) is 1.77. The predicted molar refractivity (Wildman–Crippen MR) is 96.1 cm³/mol. The molecule has 0 N–H and O–H groups in total. The quantitative estimate of drug-likeness (QED) is 0.540. The number of hydrogen-bond donors (Lipinski definition) is 0. The smallest absolute Gasteiger partial charge is 0.130 e. The zero-order valence-electron chi connectivity index (χ0n) is 14.2. The second-order valence-corrected chi connectivity index (χ2v) is 5.35. The maximum absolute atomic E-state index is 6.01. The van der Waals surface area contributed by atoms with Gasteiger partial charge in [0.05, 0.1) is 7.11 Å². The van der Waals surface area contributed by atoms with E-state index in [0.29, 0.717) is 12.6 Å². The van der Waals surface area contributed by atoms with Gasteiger partial charge in [-0.25, -0.2) is 0 Å². The van der Waals surface area contributed by atoms with E-state index in [2.05, 4.69) is 30.1 Å². The Hall–Kier alpha value is -2.07. The fourth-order valence-corrected chi connectivity index (χ4v) is 1.87. The molecule has 0 fully saturated rings. The Bertz CT molecular complexity index is 568. The Morgan fingerprint density at radius 2 is 2.14 bits per heavy atom. The highest BCUT2D eigenvalue weighted by molar-refractivity contribution is 5.80. The standard InChI is InChI=1S/C18H26N2O2.H2/c1-8-16(14(3)19-4)17-10-9-15(21-7)11-18(17)22-12-13(2)20(5)6;/h8-11,13H,1,4,12H2,2-3,5-7H3;1H/b16-14+;. The van der Waals surface area contributed by atoms with Crippen LogP contribution in [-0.4, -0.2) is 45.5 Å². The van der Waals surface area contributed by atoms with E-state index in [9.17, 15) is 0 Å². The summed E-state index contributed by atoms with van der Waals surface area (Å²) in [6, 6.07) is 6.05. The lowest BCUT2D eigenvalue weighted by atomic mass is 10.0. The van der Waals surface area contributed by atoms with E-state index in [0.717, 1.165) is 28.3 Å². The van der Waals surface area contributed by atoms with E-state index in [-0.39, 0.29) is 1.43 Å². The third-order valence-electron chi connectivity index (χ3n) is 3.67. The SMILES string of the molecule is C=C/C(=C(/C)N=C)c1ccc(OC)cc1OCC(C)N(C)C.[HH]. The van der Waals surface area contributed by atoms with Crippen LogP contribution in [0.2, 0.25) is 0 Å². The number of aliphatic imine (C=N–C) groups is 1. The Morgan fingerprint density at radius 1 is 1.45 bits per heavy atom. The van der Waals surface area contributed by atoms with Crippen molar-refractivity contribution in [1.82, 2.24) is 4.90 Å². The van der Waals surface area contributed by atoms with Crippen molar-refractivity contribution in [1.29, 1.82) is 0 Å². The first-order chi connectivity index (χ1) is 10.4. The van der Waals surface area contributed by atoms with Crippen molar-refractivity contribution < 1.29 is 10.9 Å². The van der Waals surface area contributed by atoms with Gasteiger partial charge < -0.3 is 14.4 Å². The van der Waals surface area contributed by atoms with Crippen molar-refractivity contribution in [2.75, 3.05) is 27.8 Å². The molecule has 0 aliphatic heterocycles. The van der Waals surface area contributed by atoms with Crippen LogP contribution < -0.4 is 9.47 Å². The number of likely N-dealkylation sites (N-methyl/N-ethyl adjacent to an activating group) is 1. The van der Waals surface area contributed by atoms with Crippen LogP contribution >= 0.6 is 0 Å². The van der Waals surface area contributed by atoms with Crippen LogP contribution in [0.15, 0.2) is 41.5 Å². The van der Waals surface area contributed by atoms with E-state index in [1.54, 1.807) is 13.2 Å². The number of ether oxygens (including phenoxy) is 2. The molecule has 1 aromatic rings. The van der Waals surface area contributed by atoms with Crippen LogP contribution in [0.1, 0.15) is 20.8 Å². The van der Waals surface area contributed by atoms with Crippen LogP contribution in [0.3, 0.4) is 0 Å². The van der Waals surface area contributed by atoms with Gasteiger partial charge in [0.2, 0.25) is 0 Å².